The molecule has 0 radical (unpaired) electrons. The first-order valence-electron chi connectivity index (χ1n) is 8.28. The maximum absolute atomic E-state index is 12.6. The van der Waals surface area contributed by atoms with Crippen LogP contribution in [0.1, 0.15) is 15.9 Å². The first-order chi connectivity index (χ1) is 13.0. The van der Waals surface area contributed by atoms with E-state index >= 15 is 0 Å². The molecule has 2 aromatic carbocycles. The van der Waals surface area contributed by atoms with Crippen molar-refractivity contribution in [2.45, 2.75) is 0 Å². The molecule has 1 fully saturated rings. The zero-order valence-corrected chi connectivity index (χ0v) is 15.8. The fourth-order valence-electron chi connectivity index (χ4n) is 2.80. The van der Waals surface area contributed by atoms with Gasteiger partial charge in [0.1, 0.15) is 0 Å². The number of anilines is 1. The minimum absolute atomic E-state index is 0.161. The van der Waals surface area contributed by atoms with Crippen LogP contribution in [0.25, 0.3) is 0 Å². The van der Waals surface area contributed by atoms with Gasteiger partial charge in [-0.15, -0.1) is 0 Å². The summed E-state index contributed by atoms with van der Waals surface area (Å²) < 4.78 is 0. The number of nitriles is 1. The third kappa shape index (κ3) is 4.70. The van der Waals surface area contributed by atoms with Gasteiger partial charge in [-0.05, 0) is 42.5 Å². The molecule has 0 atom stereocenters. The standard InChI is InChI=1S/C19H16Cl2N4O2/c20-15-9-14(10-16(21)11-15)18(26)24-5-7-25(8-6-24)19(27)23-17-3-1-13(12-22)2-4-17/h1-4,9-11H,5-8H2,(H,23,27). The Kier molecular flexibility index (Phi) is 5.84. The lowest BCUT2D eigenvalue weighted by molar-refractivity contribution is 0.0671. The summed E-state index contributed by atoms with van der Waals surface area (Å²) in [7, 11) is 0. The van der Waals surface area contributed by atoms with E-state index in [0.29, 0.717) is 53.0 Å². The van der Waals surface area contributed by atoms with E-state index in [1.165, 1.54) is 0 Å². The summed E-state index contributed by atoms with van der Waals surface area (Å²) in [5.74, 6) is -0.161. The second kappa shape index (κ2) is 8.30. The van der Waals surface area contributed by atoms with Gasteiger partial charge < -0.3 is 15.1 Å². The number of rotatable bonds is 2. The van der Waals surface area contributed by atoms with Crippen LogP contribution in [0.15, 0.2) is 42.5 Å². The van der Waals surface area contributed by atoms with Gasteiger partial charge >= 0.3 is 6.03 Å². The van der Waals surface area contributed by atoms with Crippen molar-refractivity contribution in [3.63, 3.8) is 0 Å². The van der Waals surface area contributed by atoms with E-state index in [0.717, 1.165) is 0 Å². The zero-order chi connectivity index (χ0) is 19.4. The molecule has 2 aromatic rings. The summed E-state index contributed by atoms with van der Waals surface area (Å²) in [5.41, 5.74) is 1.58. The van der Waals surface area contributed by atoms with Crippen molar-refractivity contribution in [3.8, 4) is 6.07 Å². The van der Waals surface area contributed by atoms with Gasteiger partial charge in [0, 0.05) is 47.5 Å². The summed E-state index contributed by atoms with van der Waals surface area (Å²) in [6, 6.07) is 13.2. The molecule has 1 saturated heterocycles. The molecule has 3 rings (SSSR count). The minimum atomic E-state index is -0.238. The van der Waals surface area contributed by atoms with Crippen LogP contribution in [0.3, 0.4) is 0 Å². The molecule has 0 bridgehead atoms. The monoisotopic (exact) mass is 402 g/mol. The number of nitrogens with one attached hydrogen (secondary N) is 1. The van der Waals surface area contributed by atoms with Crippen LogP contribution in [-0.2, 0) is 0 Å². The van der Waals surface area contributed by atoms with E-state index in [1.54, 1.807) is 52.3 Å². The Hall–Kier alpha value is -2.75. The smallest absolute Gasteiger partial charge is 0.321 e. The molecule has 1 heterocycles. The van der Waals surface area contributed by atoms with Gasteiger partial charge in [0.2, 0.25) is 0 Å². The van der Waals surface area contributed by atoms with Crippen LogP contribution in [0, 0.1) is 11.3 Å². The van der Waals surface area contributed by atoms with Gasteiger partial charge in [-0.25, -0.2) is 4.79 Å². The molecule has 138 valence electrons. The number of amides is 3. The largest absolute Gasteiger partial charge is 0.335 e. The molecule has 6 nitrogen and oxygen atoms in total. The Labute approximate surface area is 166 Å². The number of hydrogen-bond acceptors (Lipinski definition) is 3. The lowest BCUT2D eigenvalue weighted by Crippen LogP contribution is -2.51. The van der Waals surface area contributed by atoms with Crippen LogP contribution in [0.2, 0.25) is 10.0 Å². The maximum atomic E-state index is 12.6. The quantitative estimate of drug-likeness (QED) is 0.828. The molecule has 0 saturated carbocycles. The van der Waals surface area contributed by atoms with Crippen molar-refractivity contribution in [1.82, 2.24) is 9.80 Å². The molecule has 8 heteroatoms. The van der Waals surface area contributed by atoms with E-state index in [2.05, 4.69) is 5.32 Å². The number of piperazine rings is 1. The molecule has 1 aliphatic rings. The molecule has 27 heavy (non-hydrogen) atoms. The summed E-state index contributed by atoms with van der Waals surface area (Å²) in [6.07, 6.45) is 0. The van der Waals surface area contributed by atoms with Crippen LogP contribution in [0.4, 0.5) is 10.5 Å². The number of hydrogen-bond donors (Lipinski definition) is 1. The predicted molar refractivity (Wildman–Crippen MR) is 104 cm³/mol. The minimum Gasteiger partial charge on any atom is -0.335 e. The summed E-state index contributed by atoms with van der Waals surface area (Å²) >= 11 is 11.9. The highest BCUT2D eigenvalue weighted by molar-refractivity contribution is 6.35. The van der Waals surface area contributed by atoms with Crippen molar-refractivity contribution < 1.29 is 9.59 Å². The van der Waals surface area contributed by atoms with Gasteiger partial charge in [0.25, 0.3) is 5.91 Å². The second-order valence-corrected chi connectivity index (χ2v) is 6.93. The Balaban J connectivity index is 1.56. The SMILES string of the molecule is N#Cc1ccc(NC(=O)N2CCN(C(=O)c3cc(Cl)cc(Cl)c3)CC2)cc1. The van der Waals surface area contributed by atoms with Crippen LogP contribution >= 0.6 is 23.2 Å². The zero-order valence-electron chi connectivity index (χ0n) is 14.3. The Bertz CT molecular complexity index is 881. The first-order valence-corrected chi connectivity index (χ1v) is 9.03. The molecule has 0 spiro atoms. The Morgan fingerprint density at radius 3 is 2.04 bits per heavy atom. The van der Waals surface area contributed by atoms with Crippen LogP contribution in [0.5, 0.6) is 0 Å². The fraction of sp³-hybridized carbons (Fsp3) is 0.211. The lowest BCUT2D eigenvalue weighted by Gasteiger charge is -2.34. The third-order valence-electron chi connectivity index (χ3n) is 4.23. The highest BCUT2D eigenvalue weighted by atomic mass is 35.5. The third-order valence-corrected chi connectivity index (χ3v) is 4.67. The molecule has 1 aliphatic heterocycles. The van der Waals surface area contributed by atoms with E-state index in [9.17, 15) is 9.59 Å². The topological polar surface area (TPSA) is 76.4 Å². The number of halogens is 2. The Morgan fingerprint density at radius 2 is 1.48 bits per heavy atom. The molecular weight excluding hydrogens is 387 g/mol. The van der Waals surface area contributed by atoms with E-state index in [4.69, 9.17) is 28.5 Å². The number of benzene rings is 2. The average Bonchev–Trinajstić information content (AvgIpc) is 2.67. The molecule has 1 N–H and O–H groups in total. The van der Waals surface area contributed by atoms with Crippen molar-refractivity contribution in [2.24, 2.45) is 0 Å². The van der Waals surface area contributed by atoms with Crippen LogP contribution in [-0.4, -0.2) is 47.9 Å². The normalized spacial score (nSPS) is 13.8. The highest BCUT2D eigenvalue weighted by Gasteiger charge is 2.25. The molecule has 3 amide bonds. The summed E-state index contributed by atoms with van der Waals surface area (Å²) in [6.45, 7) is 1.68. The van der Waals surface area contributed by atoms with Gasteiger partial charge in [0.15, 0.2) is 0 Å². The van der Waals surface area contributed by atoms with Crippen LogP contribution < -0.4 is 5.32 Å². The van der Waals surface area contributed by atoms with E-state index in [1.807, 2.05) is 6.07 Å². The number of carbonyl (C=O) groups excluding carboxylic acids is 2. The number of nitrogens with zero attached hydrogens (tertiary/aromatic N) is 3. The van der Waals surface area contributed by atoms with E-state index < -0.39 is 0 Å². The first kappa shape index (κ1) is 19.0. The van der Waals surface area contributed by atoms with Gasteiger partial charge in [-0.3, -0.25) is 4.79 Å². The highest BCUT2D eigenvalue weighted by Crippen LogP contribution is 2.21. The Morgan fingerprint density at radius 1 is 0.926 bits per heavy atom. The molecule has 0 unspecified atom stereocenters. The summed E-state index contributed by atoms with van der Waals surface area (Å²) in [4.78, 5) is 28.3. The van der Waals surface area contributed by atoms with Gasteiger partial charge in [-0.2, -0.15) is 5.26 Å². The van der Waals surface area contributed by atoms with Gasteiger partial charge in [0.05, 0.1) is 11.6 Å². The van der Waals surface area contributed by atoms with Crippen molar-refractivity contribution in [3.05, 3.63) is 63.6 Å². The van der Waals surface area contributed by atoms with Crippen molar-refractivity contribution in [2.75, 3.05) is 31.5 Å². The number of carbonyl (C=O) groups is 2. The second-order valence-electron chi connectivity index (χ2n) is 6.06. The van der Waals surface area contributed by atoms with Crippen molar-refractivity contribution >= 4 is 40.8 Å². The molecule has 0 aliphatic carbocycles. The van der Waals surface area contributed by atoms with Crippen molar-refractivity contribution in [1.29, 1.82) is 5.26 Å². The predicted octanol–water partition coefficient (Wildman–Crippen LogP) is 3.85. The maximum Gasteiger partial charge on any atom is 0.321 e. The average molecular weight is 403 g/mol. The summed E-state index contributed by atoms with van der Waals surface area (Å²) in [5, 5.41) is 12.4. The van der Waals surface area contributed by atoms with Gasteiger partial charge in [-0.1, -0.05) is 23.2 Å². The fourth-order valence-corrected chi connectivity index (χ4v) is 3.33. The number of urea groups is 1. The molecule has 0 aromatic heterocycles. The lowest BCUT2D eigenvalue weighted by atomic mass is 10.2. The van der Waals surface area contributed by atoms with E-state index in [-0.39, 0.29) is 11.9 Å². The molecular formula is C19H16Cl2N4O2.